The second-order valence-electron chi connectivity index (χ2n) is 4.82. The van der Waals surface area contributed by atoms with Crippen molar-refractivity contribution in [1.82, 2.24) is 10.2 Å². The first kappa shape index (κ1) is 10.6. The monoisotopic (exact) mass is 234 g/mol. The average molecular weight is 234 g/mol. The van der Waals surface area contributed by atoms with Crippen LogP contribution in [0.4, 0.5) is 11.4 Å². The molecule has 0 bridgehead atoms. The van der Waals surface area contributed by atoms with E-state index < -0.39 is 0 Å². The zero-order chi connectivity index (χ0) is 11.7. The summed E-state index contributed by atoms with van der Waals surface area (Å²) in [7, 11) is 0. The molecule has 0 radical (unpaired) electrons. The Hall–Kier alpha value is -1.52. The molecule has 5 nitrogen and oxygen atoms in total. The molecule has 1 aromatic heterocycles. The van der Waals surface area contributed by atoms with Crippen LogP contribution in [-0.4, -0.2) is 36.4 Å². The molecule has 0 spiro atoms. The lowest BCUT2D eigenvalue weighted by molar-refractivity contribution is 0.877. The van der Waals surface area contributed by atoms with Gasteiger partial charge in [0.2, 0.25) is 0 Å². The van der Waals surface area contributed by atoms with E-state index in [9.17, 15) is 4.79 Å². The van der Waals surface area contributed by atoms with Crippen molar-refractivity contribution in [2.75, 3.05) is 36.0 Å². The summed E-state index contributed by atoms with van der Waals surface area (Å²) in [5.41, 5.74) is 1.81. The molecule has 1 N–H and O–H groups in total. The lowest BCUT2D eigenvalue weighted by Crippen LogP contribution is -2.31. The van der Waals surface area contributed by atoms with E-state index in [0.29, 0.717) is 0 Å². The SMILES string of the molecule is O=c1[nH]ncc(N2CCCC2)c1N1CCCC1. The van der Waals surface area contributed by atoms with Crippen LogP contribution in [-0.2, 0) is 0 Å². The second kappa shape index (κ2) is 4.39. The molecule has 2 saturated heterocycles. The topological polar surface area (TPSA) is 52.2 Å². The summed E-state index contributed by atoms with van der Waals surface area (Å²) in [5.74, 6) is 0. The molecule has 0 saturated carbocycles. The highest BCUT2D eigenvalue weighted by Gasteiger charge is 2.23. The number of anilines is 2. The summed E-state index contributed by atoms with van der Waals surface area (Å²) >= 11 is 0. The van der Waals surface area contributed by atoms with Gasteiger partial charge < -0.3 is 9.80 Å². The lowest BCUT2D eigenvalue weighted by atomic mass is 10.3. The zero-order valence-corrected chi connectivity index (χ0v) is 9.98. The average Bonchev–Trinajstić information content (AvgIpc) is 3.02. The number of rotatable bonds is 2. The van der Waals surface area contributed by atoms with E-state index in [2.05, 4.69) is 20.0 Å². The van der Waals surface area contributed by atoms with E-state index in [0.717, 1.165) is 37.6 Å². The molecule has 1 aromatic rings. The van der Waals surface area contributed by atoms with Crippen LogP contribution in [0.3, 0.4) is 0 Å². The maximum atomic E-state index is 12.0. The van der Waals surface area contributed by atoms with Crippen LogP contribution in [0.2, 0.25) is 0 Å². The number of nitrogens with one attached hydrogen (secondary N) is 1. The van der Waals surface area contributed by atoms with E-state index in [-0.39, 0.29) is 5.56 Å². The van der Waals surface area contributed by atoms with Crippen LogP contribution in [0.5, 0.6) is 0 Å². The van der Waals surface area contributed by atoms with Gasteiger partial charge in [-0.3, -0.25) is 4.79 Å². The van der Waals surface area contributed by atoms with Crippen molar-refractivity contribution < 1.29 is 0 Å². The highest BCUT2D eigenvalue weighted by molar-refractivity contribution is 5.69. The number of aromatic amines is 1. The Morgan fingerprint density at radius 1 is 1.00 bits per heavy atom. The van der Waals surface area contributed by atoms with Crippen LogP contribution in [0.1, 0.15) is 25.7 Å². The van der Waals surface area contributed by atoms with Crippen molar-refractivity contribution >= 4 is 11.4 Å². The predicted octanol–water partition coefficient (Wildman–Crippen LogP) is 0.970. The minimum atomic E-state index is -0.0451. The van der Waals surface area contributed by atoms with Crippen molar-refractivity contribution in [3.05, 3.63) is 16.6 Å². The van der Waals surface area contributed by atoms with Crippen molar-refractivity contribution in [1.29, 1.82) is 0 Å². The third-order valence-corrected chi connectivity index (χ3v) is 3.68. The van der Waals surface area contributed by atoms with Gasteiger partial charge in [-0.2, -0.15) is 5.10 Å². The normalized spacial score (nSPS) is 20.2. The van der Waals surface area contributed by atoms with Gasteiger partial charge in [0.15, 0.2) is 0 Å². The third-order valence-electron chi connectivity index (χ3n) is 3.68. The van der Waals surface area contributed by atoms with Crippen molar-refractivity contribution in [2.24, 2.45) is 0 Å². The van der Waals surface area contributed by atoms with Crippen molar-refractivity contribution in [3.63, 3.8) is 0 Å². The zero-order valence-electron chi connectivity index (χ0n) is 9.98. The number of hydrogen-bond donors (Lipinski definition) is 1. The Morgan fingerprint density at radius 2 is 1.59 bits per heavy atom. The first-order chi connectivity index (χ1) is 8.36. The molecule has 2 fully saturated rings. The summed E-state index contributed by atoms with van der Waals surface area (Å²) in [6.45, 7) is 4.08. The Balaban J connectivity index is 2.01. The van der Waals surface area contributed by atoms with Gasteiger partial charge in [0.05, 0.1) is 11.9 Å². The van der Waals surface area contributed by atoms with Crippen LogP contribution in [0, 0.1) is 0 Å². The maximum Gasteiger partial charge on any atom is 0.289 e. The first-order valence-corrected chi connectivity index (χ1v) is 6.44. The Bertz CT molecular complexity index is 444. The molecule has 92 valence electrons. The number of H-pyrrole nitrogens is 1. The van der Waals surface area contributed by atoms with Gasteiger partial charge >= 0.3 is 0 Å². The molecule has 0 amide bonds. The minimum absolute atomic E-state index is 0.0451. The summed E-state index contributed by atoms with van der Waals surface area (Å²) in [6.07, 6.45) is 6.60. The third kappa shape index (κ3) is 1.90. The van der Waals surface area contributed by atoms with Gasteiger partial charge in [-0.05, 0) is 25.7 Å². The smallest absolute Gasteiger partial charge is 0.289 e. The van der Waals surface area contributed by atoms with E-state index in [1.54, 1.807) is 6.20 Å². The van der Waals surface area contributed by atoms with Crippen molar-refractivity contribution in [2.45, 2.75) is 25.7 Å². The quantitative estimate of drug-likeness (QED) is 0.828. The van der Waals surface area contributed by atoms with E-state index in [1.807, 2.05) is 0 Å². The fourth-order valence-corrected chi connectivity index (χ4v) is 2.82. The van der Waals surface area contributed by atoms with E-state index in [4.69, 9.17) is 0 Å². The highest BCUT2D eigenvalue weighted by Crippen LogP contribution is 2.29. The Labute approximate surface area is 100 Å². The molecule has 0 unspecified atom stereocenters. The standard InChI is InChI=1S/C12H18N4O/c17-12-11(16-7-3-4-8-16)10(9-13-14-12)15-5-1-2-6-15/h9H,1-8H2,(H,14,17). The van der Waals surface area contributed by atoms with Crippen LogP contribution in [0.15, 0.2) is 11.0 Å². The number of nitrogens with zero attached hydrogens (tertiary/aromatic N) is 3. The predicted molar refractivity (Wildman–Crippen MR) is 67.8 cm³/mol. The van der Waals surface area contributed by atoms with Crippen molar-refractivity contribution in [3.8, 4) is 0 Å². The van der Waals surface area contributed by atoms with E-state index >= 15 is 0 Å². The summed E-state index contributed by atoms with van der Waals surface area (Å²) in [5, 5.41) is 6.52. The van der Waals surface area contributed by atoms with E-state index in [1.165, 1.54) is 25.7 Å². The second-order valence-corrected chi connectivity index (χ2v) is 4.82. The van der Waals surface area contributed by atoms with Gasteiger partial charge in [0.1, 0.15) is 5.69 Å². The molecule has 2 aliphatic rings. The summed E-state index contributed by atoms with van der Waals surface area (Å²) in [4.78, 5) is 16.5. The van der Waals surface area contributed by atoms with Gasteiger partial charge in [-0.25, -0.2) is 5.10 Å². The summed E-state index contributed by atoms with van der Waals surface area (Å²) < 4.78 is 0. The van der Waals surface area contributed by atoms with Crippen LogP contribution in [0.25, 0.3) is 0 Å². The molecule has 5 heteroatoms. The van der Waals surface area contributed by atoms with Gasteiger partial charge in [-0.1, -0.05) is 0 Å². The van der Waals surface area contributed by atoms with Crippen LogP contribution >= 0.6 is 0 Å². The van der Waals surface area contributed by atoms with Crippen LogP contribution < -0.4 is 15.4 Å². The Morgan fingerprint density at radius 3 is 2.24 bits per heavy atom. The maximum absolute atomic E-state index is 12.0. The molecular weight excluding hydrogens is 216 g/mol. The molecule has 2 aliphatic heterocycles. The summed E-state index contributed by atoms with van der Waals surface area (Å²) in [6, 6.07) is 0. The molecule has 3 rings (SSSR count). The fourth-order valence-electron chi connectivity index (χ4n) is 2.82. The molecule has 0 atom stereocenters. The largest absolute Gasteiger partial charge is 0.368 e. The van der Waals surface area contributed by atoms with Gasteiger partial charge in [-0.15, -0.1) is 0 Å². The lowest BCUT2D eigenvalue weighted by Gasteiger charge is -2.25. The molecule has 3 heterocycles. The van der Waals surface area contributed by atoms with Gasteiger partial charge in [0.25, 0.3) is 5.56 Å². The van der Waals surface area contributed by atoms with Gasteiger partial charge in [0, 0.05) is 26.2 Å². The number of aromatic nitrogens is 2. The first-order valence-electron chi connectivity index (χ1n) is 6.44. The Kier molecular flexibility index (Phi) is 2.74. The molecule has 0 aromatic carbocycles. The fraction of sp³-hybridized carbons (Fsp3) is 0.667. The molecule has 0 aliphatic carbocycles. The number of hydrogen-bond acceptors (Lipinski definition) is 4. The molecule has 17 heavy (non-hydrogen) atoms. The molecular formula is C12H18N4O. The minimum Gasteiger partial charge on any atom is -0.368 e. The highest BCUT2D eigenvalue weighted by atomic mass is 16.1.